The first-order valence-electron chi connectivity index (χ1n) is 8.10. The third kappa shape index (κ3) is 4.33. The minimum atomic E-state index is 0.290. The van der Waals surface area contributed by atoms with Crippen LogP contribution in [0.2, 0.25) is 0 Å². The number of ether oxygens (including phenoxy) is 1. The molecule has 0 aliphatic carbocycles. The van der Waals surface area contributed by atoms with E-state index in [0.29, 0.717) is 17.6 Å². The highest BCUT2D eigenvalue weighted by atomic mass is 32.2. The Balaban J connectivity index is 1.61. The Morgan fingerprint density at radius 3 is 2.44 bits per heavy atom. The van der Waals surface area contributed by atoms with Crippen LogP contribution in [0.25, 0.3) is 0 Å². The molecule has 0 radical (unpaired) electrons. The van der Waals surface area contributed by atoms with Crippen LogP contribution in [0.5, 0.6) is 5.75 Å². The van der Waals surface area contributed by atoms with Gasteiger partial charge in [-0.2, -0.15) is 0 Å². The molecule has 0 fully saturated rings. The highest BCUT2D eigenvalue weighted by Gasteiger charge is 2.11. The van der Waals surface area contributed by atoms with Gasteiger partial charge >= 0.3 is 0 Å². The summed E-state index contributed by atoms with van der Waals surface area (Å²) in [7, 11) is 0. The van der Waals surface area contributed by atoms with Crippen molar-refractivity contribution in [1.29, 1.82) is 0 Å². The van der Waals surface area contributed by atoms with Crippen molar-refractivity contribution in [2.24, 2.45) is 0 Å². The SMILES string of the molecule is Cc1ccc(CSc2nnc(COc3ccc(C)cc3C)n2N)cc1. The summed E-state index contributed by atoms with van der Waals surface area (Å²) in [6, 6.07) is 14.5. The predicted octanol–water partition coefficient (Wildman–Crippen LogP) is 3.79. The molecule has 0 aliphatic heterocycles. The van der Waals surface area contributed by atoms with Gasteiger partial charge in [-0.3, -0.25) is 0 Å². The molecule has 0 aliphatic rings. The number of nitrogens with zero attached hydrogens (tertiary/aromatic N) is 3. The predicted molar refractivity (Wildman–Crippen MR) is 101 cm³/mol. The Labute approximate surface area is 152 Å². The summed E-state index contributed by atoms with van der Waals surface area (Å²) in [5, 5.41) is 9.00. The molecule has 0 amide bonds. The summed E-state index contributed by atoms with van der Waals surface area (Å²) >= 11 is 1.56. The second-order valence-corrected chi connectivity index (χ2v) is 7.04. The summed E-state index contributed by atoms with van der Waals surface area (Å²) in [5.41, 5.74) is 4.78. The topological polar surface area (TPSA) is 66.0 Å². The molecule has 0 saturated carbocycles. The zero-order valence-electron chi connectivity index (χ0n) is 14.7. The molecule has 1 heterocycles. The highest BCUT2D eigenvalue weighted by Crippen LogP contribution is 2.22. The van der Waals surface area contributed by atoms with Crippen LogP contribution in [0.3, 0.4) is 0 Å². The van der Waals surface area contributed by atoms with Crippen LogP contribution in [-0.4, -0.2) is 14.9 Å². The smallest absolute Gasteiger partial charge is 0.210 e. The number of nitrogen functional groups attached to an aromatic ring is 1. The first-order chi connectivity index (χ1) is 12.0. The second-order valence-electron chi connectivity index (χ2n) is 6.10. The van der Waals surface area contributed by atoms with Crippen LogP contribution in [0, 0.1) is 20.8 Å². The molecule has 5 nitrogen and oxygen atoms in total. The third-order valence-corrected chi connectivity index (χ3v) is 4.93. The van der Waals surface area contributed by atoms with E-state index in [1.165, 1.54) is 21.4 Å². The van der Waals surface area contributed by atoms with Gasteiger partial charge in [-0.1, -0.05) is 59.3 Å². The molecule has 3 rings (SSSR count). The molecule has 130 valence electrons. The Kier molecular flexibility index (Phi) is 5.28. The molecule has 2 N–H and O–H groups in total. The van der Waals surface area contributed by atoms with Crippen molar-refractivity contribution in [2.75, 3.05) is 5.84 Å². The summed E-state index contributed by atoms with van der Waals surface area (Å²) in [6.45, 7) is 6.46. The molecule has 0 saturated heterocycles. The summed E-state index contributed by atoms with van der Waals surface area (Å²) < 4.78 is 7.34. The van der Waals surface area contributed by atoms with E-state index in [4.69, 9.17) is 10.6 Å². The first-order valence-corrected chi connectivity index (χ1v) is 9.09. The number of aromatic nitrogens is 3. The molecular formula is C19H22N4OS. The third-order valence-electron chi connectivity index (χ3n) is 3.91. The number of hydrogen-bond acceptors (Lipinski definition) is 5. The average molecular weight is 354 g/mol. The van der Waals surface area contributed by atoms with Crippen LogP contribution in [0.4, 0.5) is 0 Å². The number of rotatable bonds is 6. The van der Waals surface area contributed by atoms with Crippen molar-refractivity contribution in [1.82, 2.24) is 14.9 Å². The van der Waals surface area contributed by atoms with E-state index in [2.05, 4.69) is 54.4 Å². The Morgan fingerprint density at radius 1 is 1.00 bits per heavy atom. The van der Waals surface area contributed by atoms with Gasteiger partial charge in [0.25, 0.3) is 0 Å². The van der Waals surface area contributed by atoms with E-state index in [9.17, 15) is 0 Å². The number of aryl methyl sites for hydroxylation is 3. The fourth-order valence-electron chi connectivity index (χ4n) is 2.44. The van der Waals surface area contributed by atoms with Crippen LogP contribution < -0.4 is 10.6 Å². The number of benzene rings is 2. The van der Waals surface area contributed by atoms with Gasteiger partial charge in [0.2, 0.25) is 5.16 Å². The van der Waals surface area contributed by atoms with E-state index < -0.39 is 0 Å². The Bertz CT molecular complexity index is 858. The monoisotopic (exact) mass is 354 g/mol. The van der Waals surface area contributed by atoms with Gasteiger partial charge in [0.15, 0.2) is 5.82 Å². The first kappa shape index (κ1) is 17.4. The van der Waals surface area contributed by atoms with Crippen molar-refractivity contribution >= 4 is 11.8 Å². The highest BCUT2D eigenvalue weighted by molar-refractivity contribution is 7.98. The number of thioether (sulfide) groups is 1. The van der Waals surface area contributed by atoms with E-state index >= 15 is 0 Å². The lowest BCUT2D eigenvalue weighted by Crippen LogP contribution is -2.16. The van der Waals surface area contributed by atoms with Gasteiger partial charge in [-0.05, 0) is 38.0 Å². The van der Waals surface area contributed by atoms with Gasteiger partial charge in [0, 0.05) is 5.75 Å². The van der Waals surface area contributed by atoms with Crippen LogP contribution >= 0.6 is 11.8 Å². The average Bonchev–Trinajstić information content (AvgIpc) is 2.94. The van der Waals surface area contributed by atoms with Crippen LogP contribution in [0.15, 0.2) is 47.6 Å². The second kappa shape index (κ2) is 7.61. The molecule has 6 heteroatoms. The number of nitrogens with two attached hydrogens (primary N) is 1. The zero-order chi connectivity index (χ0) is 17.8. The largest absolute Gasteiger partial charge is 0.485 e. The fraction of sp³-hybridized carbons (Fsp3) is 0.263. The van der Waals surface area contributed by atoms with Gasteiger partial charge in [-0.15, -0.1) is 10.2 Å². The minimum absolute atomic E-state index is 0.290. The lowest BCUT2D eigenvalue weighted by molar-refractivity contribution is 0.289. The van der Waals surface area contributed by atoms with Crippen LogP contribution in [-0.2, 0) is 12.4 Å². The normalized spacial score (nSPS) is 10.8. The quantitative estimate of drug-likeness (QED) is 0.539. The molecule has 0 bridgehead atoms. The molecule has 0 unspecified atom stereocenters. The molecule has 0 atom stereocenters. The van der Waals surface area contributed by atoms with Crippen molar-refractivity contribution in [3.05, 3.63) is 70.5 Å². The molecule has 0 spiro atoms. The summed E-state index contributed by atoms with van der Waals surface area (Å²) in [4.78, 5) is 0. The van der Waals surface area contributed by atoms with Crippen molar-refractivity contribution in [3.63, 3.8) is 0 Å². The Hall–Kier alpha value is -2.47. The van der Waals surface area contributed by atoms with E-state index in [1.807, 2.05) is 19.1 Å². The molecule has 25 heavy (non-hydrogen) atoms. The fourth-order valence-corrected chi connectivity index (χ4v) is 3.27. The molecule has 1 aromatic heterocycles. The zero-order valence-corrected chi connectivity index (χ0v) is 15.5. The van der Waals surface area contributed by atoms with E-state index in [1.54, 1.807) is 11.8 Å². The summed E-state index contributed by atoms with van der Waals surface area (Å²) in [5.74, 6) is 8.35. The van der Waals surface area contributed by atoms with Gasteiger partial charge in [0.1, 0.15) is 12.4 Å². The van der Waals surface area contributed by atoms with Crippen LogP contribution in [0.1, 0.15) is 28.1 Å². The van der Waals surface area contributed by atoms with E-state index in [-0.39, 0.29) is 0 Å². The standard InChI is InChI=1S/C19H22N4OS/c1-13-4-7-16(8-5-13)12-25-19-22-21-18(23(19)20)11-24-17-9-6-14(2)10-15(17)3/h4-10H,11-12,20H2,1-3H3. The van der Waals surface area contributed by atoms with Gasteiger partial charge < -0.3 is 10.6 Å². The van der Waals surface area contributed by atoms with Gasteiger partial charge in [0.05, 0.1) is 0 Å². The van der Waals surface area contributed by atoms with E-state index in [0.717, 1.165) is 17.1 Å². The molecule has 3 aromatic rings. The maximum atomic E-state index is 6.11. The number of hydrogen-bond donors (Lipinski definition) is 1. The lowest BCUT2D eigenvalue weighted by atomic mass is 10.1. The van der Waals surface area contributed by atoms with Crippen molar-refractivity contribution in [2.45, 2.75) is 38.3 Å². The maximum absolute atomic E-state index is 6.11. The summed E-state index contributed by atoms with van der Waals surface area (Å²) in [6.07, 6.45) is 0. The lowest BCUT2D eigenvalue weighted by Gasteiger charge is -2.09. The Morgan fingerprint density at radius 2 is 1.72 bits per heavy atom. The maximum Gasteiger partial charge on any atom is 0.210 e. The van der Waals surface area contributed by atoms with Crippen molar-refractivity contribution in [3.8, 4) is 5.75 Å². The molecule has 2 aromatic carbocycles. The molecular weight excluding hydrogens is 332 g/mol. The minimum Gasteiger partial charge on any atom is -0.485 e. The van der Waals surface area contributed by atoms with Crippen molar-refractivity contribution < 1.29 is 4.74 Å². The van der Waals surface area contributed by atoms with Gasteiger partial charge in [-0.25, -0.2) is 4.68 Å².